The van der Waals surface area contributed by atoms with Crippen LogP contribution in [0.3, 0.4) is 0 Å². The van der Waals surface area contributed by atoms with Crippen LogP contribution in [0.25, 0.3) is 0 Å². The summed E-state index contributed by atoms with van der Waals surface area (Å²) in [6.07, 6.45) is 4.31. The molecule has 1 N–H and O–H groups in total. The predicted octanol–water partition coefficient (Wildman–Crippen LogP) is 0.475. The molecule has 4 aliphatic rings. The van der Waals surface area contributed by atoms with E-state index in [0.29, 0.717) is 32.3 Å². The molecule has 2 heterocycles. The highest BCUT2D eigenvalue weighted by molar-refractivity contribution is 7.88. The molecule has 4 rings (SSSR count). The minimum Gasteiger partial charge on any atom is -0.379 e. The Labute approximate surface area is 157 Å². The van der Waals surface area contributed by atoms with Crippen molar-refractivity contribution in [1.29, 1.82) is 0 Å². The first-order chi connectivity index (χ1) is 12.2. The number of hydrogen-bond donors (Lipinski definition) is 1. The normalized spacial score (nSPS) is 37.9. The molecule has 4 fully saturated rings. The van der Waals surface area contributed by atoms with Gasteiger partial charge >= 0.3 is 0 Å². The summed E-state index contributed by atoms with van der Waals surface area (Å²) in [5, 5.41) is 0. The molecular weight excluding hydrogens is 354 g/mol. The summed E-state index contributed by atoms with van der Waals surface area (Å²) in [4.78, 5) is 5.06. The largest absolute Gasteiger partial charge is 0.379 e. The summed E-state index contributed by atoms with van der Waals surface area (Å²) in [6, 6.07) is 0. The smallest absolute Gasteiger partial charge is 0.209 e. The van der Waals surface area contributed by atoms with Gasteiger partial charge in [0.15, 0.2) is 0 Å². The third-order valence-electron chi connectivity index (χ3n) is 7.63. The van der Waals surface area contributed by atoms with Crippen LogP contribution in [0.2, 0.25) is 0 Å². The first kappa shape index (κ1) is 19.1. The van der Waals surface area contributed by atoms with Crippen LogP contribution in [0.15, 0.2) is 0 Å². The number of morpholine rings is 2. The molecule has 7 nitrogen and oxygen atoms in total. The molecule has 0 aromatic rings. The Balaban J connectivity index is 1.85. The molecule has 2 aliphatic carbocycles. The standard InChI is InChI=1S/C18H33N3O4S/c1-16(2)15-4-5-17(16,19-26(3,22)23)18(14-15,20-6-10-24-11-7-20)21-8-12-25-13-9-21/h15,19H,4-14H2,1-3H3/t15-,17+/m1/s1. The molecule has 0 amide bonds. The van der Waals surface area contributed by atoms with Gasteiger partial charge < -0.3 is 9.47 Å². The molecule has 2 bridgehead atoms. The van der Waals surface area contributed by atoms with Crippen LogP contribution in [0.5, 0.6) is 0 Å². The molecule has 0 spiro atoms. The van der Waals surface area contributed by atoms with E-state index in [-0.39, 0.29) is 11.1 Å². The van der Waals surface area contributed by atoms with Gasteiger partial charge in [-0.1, -0.05) is 13.8 Å². The van der Waals surface area contributed by atoms with Crippen LogP contribution in [0, 0.1) is 11.3 Å². The number of rotatable bonds is 4. The van der Waals surface area contributed by atoms with E-state index in [1.165, 1.54) is 6.26 Å². The molecule has 2 aliphatic heterocycles. The highest BCUT2D eigenvalue weighted by atomic mass is 32.2. The molecular formula is C18H33N3O4S. The quantitative estimate of drug-likeness (QED) is 0.756. The van der Waals surface area contributed by atoms with E-state index in [2.05, 4.69) is 28.4 Å². The average Bonchev–Trinajstić information content (AvgIpc) is 2.95. The van der Waals surface area contributed by atoms with E-state index in [0.717, 1.165) is 45.4 Å². The SMILES string of the molecule is CC1(C)[C@@H]2CC[C@@]1(NS(C)(=O)=O)C(N1CCOCC1)(N1CCOCC1)C2. The Kier molecular flexibility index (Phi) is 4.69. The van der Waals surface area contributed by atoms with Crippen molar-refractivity contribution in [3.63, 3.8) is 0 Å². The van der Waals surface area contributed by atoms with E-state index in [1.807, 2.05) is 0 Å². The first-order valence-electron chi connectivity index (χ1n) is 9.87. The molecule has 2 saturated heterocycles. The minimum absolute atomic E-state index is 0.0906. The third-order valence-corrected chi connectivity index (χ3v) is 8.35. The van der Waals surface area contributed by atoms with E-state index >= 15 is 0 Å². The zero-order chi connectivity index (χ0) is 18.6. The molecule has 2 saturated carbocycles. The topological polar surface area (TPSA) is 71.1 Å². The molecule has 0 unspecified atom stereocenters. The molecule has 2 atom stereocenters. The van der Waals surface area contributed by atoms with Crippen LogP contribution in [0.4, 0.5) is 0 Å². The monoisotopic (exact) mass is 387 g/mol. The lowest BCUT2D eigenvalue weighted by molar-refractivity contribution is -0.170. The van der Waals surface area contributed by atoms with Crippen LogP contribution < -0.4 is 4.72 Å². The van der Waals surface area contributed by atoms with Gasteiger partial charge in [0, 0.05) is 26.2 Å². The summed E-state index contributed by atoms with van der Waals surface area (Å²) < 4.78 is 39.5. The maximum Gasteiger partial charge on any atom is 0.209 e. The number of ether oxygens (including phenoxy) is 2. The van der Waals surface area contributed by atoms with Gasteiger partial charge in [-0.3, -0.25) is 9.80 Å². The minimum atomic E-state index is -3.34. The second kappa shape index (κ2) is 6.39. The van der Waals surface area contributed by atoms with Gasteiger partial charge in [-0.25, -0.2) is 13.1 Å². The predicted molar refractivity (Wildman–Crippen MR) is 99.3 cm³/mol. The van der Waals surface area contributed by atoms with Crippen molar-refractivity contribution >= 4 is 10.0 Å². The van der Waals surface area contributed by atoms with Gasteiger partial charge in [0.1, 0.15) is 0 Å². The maximum atomic E-state index is 12.5. The maximum absolute atomic E-state index is 12.5. The zero-order valence-corrected chi connectivity index (χ0v) is 17.1. The second-order valence-corrected chi connectivity index (χ2v) is 10.7. The van der Waals surface area contributed by atoms with Gasteiger partial charge in [0.05, 0.1) is 43.9 Å². The average molecular weight is 388 g/mol. The summed E-state index contributed by atoms with van der Waals surface area (Å²) >= 11 is 0. The second-order valence-electron chi connectivity index (χ2n) is 8.96. The van der Waals surface area contributed by atoms with Gasteiger partial charge in [-0.15, -0.1) is 0 Å². The van der Waals surface area contributed by atoms with Gasteiger partial charge in [0.2, 0.25) is 10.0 Å². The van der Waals surface area contributed by atoms with Crippen LogP contribution in [0.1, 0.15) is 33.1 Å². The Morgan fingerprint density at radius 3 is 1.88 bits per heavy atom. The Morgan fingerprint density at radius 1 is 0.962 bits per heavy atom. The van der Waals surface area contributed by atoms with E-state index in [4.69, 9.17) is 9.47 Å². The molecule has 8 heteroatoms. The fourth-order valence-electron chi connectivity index (χ4n) is 6.46. The van der Waals surface area contributed by atoms with Crippen molar-refractivity contribution in [2.45, 2.75) is 44.3 Å². The number of fused-ring (bicyclic) bond motifs is 2. The van der Waals surface area contributed by atoms with Gasteiger partial charge in [-0.2, -0.15) is 0 Å². The van der Waals surface area contributed by atoms with Gasteiger partial charge in [-0.05, 0) is 30.6 Å². The van der Waals surface area contributed by atoms with E-state index in [9.17, 15) is 8.42 Å². The van der Waals surface area contributed by atoms with Crippen LogP contribution in [-0.4, -0.2) is 88.3 Å². The Hall–Kier alpha value is -0.250. The molecule has 0 radical (unpaired) electrons. The van der Waals surface area contributed by atoms with Crippen LogP contribution in [-0.2, 0) is 19.5 Å². The van der Waals surface area contributed by atoms with Crippen molar-refractivity contribution in [3.8, 4) is 0 Å². The Morgan fingerprint density at radius 2 is 1.46 bits per heavy atom. The number of hydrogen-bond acceptors (Lipinski definition) is 6. The van der Waals surface area contributed by atoms with Gasteiger partial charge in [0.25, 0.3) is 0 Å². The molecule has 150 valence electrons. The lowest BCUT2D eigenvalue weighted by Gasteiger charge is -2.61. The zero-order valence-electron chi connectivity index (χ0n) is 16.3. The fourth-order valence-corrected chi connectivity index (χ4v) is 7.62. The van der Waals surface area contributed by atoms with Crippen LogP contribution >= 0.6 is 0 Å². The van der Waals surface area contributed by atoms with E-state index in [1.54, 1.807) is 0 Å². The fraction of sp³-hybridized carbons (Fsp3) is 1.00. The highest BCUT2D eigenvalue weighted by Gasteiger charge is 2.75. The molecule has 26 heavy (non-hydrogen) atoms. The number of sulfonamides is 1. The third kappa shape index (κ3) is 2.60. The van der Waals surface area contributed by atoms with E-state index < -0.39 is 15.6 Å². The van der Waals surface area contributed by atoms with Crippen molar-refractivity contribution in [2.75, 3.05) is 58.9 Å². The first-order valence-corrected chi connectivity index (χ1v) is 11.8. The van der Waals surface area contributed by atoms with Crippen molar-refractivity contribution in [3.05, 3.63) is 0 Å². The van der Waals surface area contributed by atoms with Crippen molar-refractivity contribution in [2.24, 2.45) is 11.3 Å². The summed E-state index contributed by atoms with van der Waals surface area (Å²) in [5.41, 5.74) is -0.865. The number of nitrogens with zero attached hydrogens (tertiary/aromatic N) is 2. The lowest BCUT2D eigenvalue weighted by atomic mass is 9.71. The number of nitrogens with one attached hydrogen (secondary N) is 1. The molecule has 0 aromatic carbocycles. The molecule has 0 aromatic heterocycles. The lowest BCUT2D eigenvalue weighted by Crippen LogP contribution is -2.79. The summed E-state index contributed by atoms with van der Waals surface area (Å²) in [5.74, 6) is 0.516. The van der Waals surface area contributed by atoms with Crippen molar-refractivity contribution in [1.82, 2.24) is 14.5 Å². The Bertz CT molecular complexity index is 623. The summed E-state index contributed by atoms with van der Waals surface area (Å²) in [6.45, 7) is 10.8. The summed E-state index contributed by atoms with van der Waals surface area (Å²) in [7, 11) is -3.34. The highest BCUT2D eigenvalue weighted by Crippen LogP contribution is 2.67. The van der Waals surface area contributed by atoms with Crippen molar-refractivity contribution < 1.29 is 17.9 Å².